The van der Waals surface area contributed by atoms with Gasteiger partial charge in [-0.05, 0) is 36.8 Å². The molecule has 0 fully saturated rings. The maximum atomic E-state index is 13.4. The predicted molar refractivity (Wildman–Crippen MR) is 93.2 cm³/mol. The van der Waals surface area contributed by atoms with Gasteiger partial charge in [0.1, 0.15) is 6.26 Å². The third-order valence-electron chi connectivity index (χ3n) is 4.31. The number of benzene rings is 2. The number of nitrogens with zero attached hydrogens (tertiary/aromatic N) is 2. The normalized spacial score (nSPS) is 12.0. The molecule has 1 amide bonds. The van der Waals surface area contributed by atoms with Crippen LogP contribution in [-0.2, 0) is 11.2 Å². The second-order valence-electron chi connectivity index (χ2n) is 6.04. The number of amides is 1. The quantitative estimate of drug-likeness (QED) is 0.681. The summed E-state index contributed by atoms with van der Waals surface area (Å²) in [5.41, 5.74) is 1.86. The average molecular weight is 356 g/mol. The van der Waals surface area contributed by atoms with Gasteiger partial charge in [-0.2, -0.15) is 0 Å². The van der Waals surface area contributed by atoms with Gasteiger partial charge in [0.05, 0.1) is 18.2 Å². The van der Waals surface area contributed by atoms with Crippen LogP contribution >= 0.6 is 0 Å². The van der Waals surface area contributed by atoms with Crippen molar-refractivity contribution in [3.63, 3.8) is 0 Å². The lowest BCUT2D eigenvalue weighted by Crippen LogP contribution is -2.31. The molecule has 0 aliphatic rings. The molecule has 0 radical (unpaired) electrons. The maximum absolute atomic E-state index is 13.4. The minimum Gasteiger partial charge on any atom is -0.444 e. The number of rotatable bonds is 5. The molecular weight excluding hydrogens is 338 g/mol. The molecule has 0 saturated carbocycles. The van der Waals surface area contributed by atoms with E-state index < -0.39 is 17.7 Å². The Labute approximate surface area is 150 Å². The topological polar surface area (TPSA) is 46.3 Å². The van der Waals surface area contributed by atoms with Crippen molar-refractivity contribution in [1.29, 1.82) is 0 Å². The van der Waals surface area contributed by atoms with E-state index in [9.17, 15) is 13.6 Å². The highest BCUT2D eigenvalue weighted by Gasteiger charge is 2.20. The summed E-state index contributed by atoms with van der Waals surface area (Å²) < 4.78 is 31.9. The monoisotopic (exact) mass is 356 g/mol. The first-order valence-electron chi connectivity index (χ1n) is 8.16. The molecule has 0 saturated heterocycles. The van der Waals surface area contributed by atoms with Gasteiger partial charge < -0.3 is 9.32 Å². The minimum absolute atomic E-state index is 0.0564. The number of likely N-dealkylation sites (N-methyl/N-ethyl adjacent to an activating group) is 1. The smallest absolute Gasteiger partial charge is 0.228 e. The van der Waals surface area contributed by atoms with Crippen molar-refractivity contribution in [2.24, 2.45) is 0 Å². The van der Waals surface area contributed by atoms with Crippen molar-refractivity contribution < 1.29 is 18.0 Å². The van der Waals surface area contributed by atoms with E-state index in [1.54, 1.807) is 14.0 Å². The molecular formula is C20H18F2N2O2. The number of hydrogen-bond donors (Lipinski definition) is 0. The SMILES string of the molecule is CC(c1ccc(F)c(F)c1)N(C)C(=O)Cc1coc(-c2ccccc2)n1. The molecule has 26 heavy (non-hydrogen) atoms. The van der Waals surface area contributed by atoms with Gasteiger partial charge in [0.2, 0.25) is 11.8 Å². The predicted octanol–water partition coefficient (Wildman–Crippen LogP) is 4.38. The molecule has 3 rings (SSSR count). The number of aromatic nitrogens is 1. The zero-order valence-corrected chi connectivity index (χ0v) is 14.4. The number of hydrogen-bond acceptors (Lipinski definition) is 3. The van der Waals surface area contributed by atoms with Crippen LogP contribution < -0.4 is 0 Å². The Balaban J connectivity index is 1.69. The summed E-state index contributed by atoms with van der Waals surface area (Å²) in [6, 6.07) is 12.6. The second kappa shape index (κ2) is 7.47. The average Bonchev–Trinajstić information content (AvgIpc) is 3.12. The van der Waals surface area contributed by atoms with E-state index in [0.29, 0.717) is 17.1 Å². The Morgan fingerprint density at radius 2 is 1.88 bits per heavy atom. The van der Waals surface area contributed by atoms with Crippen LogP contribution in [0.25, 0.3) is 11.5 Å². The van der Waals surface area contributed by atoms with Gasteiger partial charge in [0.25, 0.3) is 0 Å². The maximum Gasteiger partial charge on any atom is 0.228 e. The van der Waals surface area contributed by atoms with Crippen LogP contribution in [0.15, 0.2) is 59.2 Å². The highest BCUT2D eigenvalue weighted by Crippen LogP contribution is 2.22. The van der Waals surface area contributed by atoms with Crippen molar-refractivity contribution in [2.45, 2.75) is 19.4 Å². The third-order valence-corrected chi connectivity index (χ3v) is 4.31. The van der Waals surface area contributed by atoms with Gasteiger partial charge in [0, 0.05) is 12.6 Å². The number of halogens is 2. The van der Waals surface area contributed by atoms with Gasteiger partial charge in [-0.25, -0.2) is 13.8 Å². The van der Waals surface area contributed by atoms with Crippen molar-refractivity contribution in [2.75, 3.05) is 7.05 Å². The van der Waals surface area contributed by atoms with Gasteiger partial charge >= 0.3 is 0 Å². The fourth-order valence-electron chi connectivity index (χ4n) is 2.59. The first-order chi connectivity index (χ1) is 12.5. The van der Waals surface area contributed by atoms with E-state index in [0.717, 1.165) is 17.7 Å². The second-order valence-corrected chi connectivity index (χ2v) is 6.04. The van der Waals surface area contributed by atoms with Crippen molar-refractivity contribution in [1.82, 2.24) is 9.88 Å². The van der Waals surface area contributed by atoms with Crippen LogP contribution in [0.1, 0.15) is 24.2 Å². The summed E-state index contributed by atoms with van der Waals surface area (Å²) in [5, 5.41) is 0. The van der Waals surface area contributed by atoms with E-state index in [4.69, 9.17) is 4.42 Å². The molecule has 0 spiro atoms. The van der Waals surface area contributed by atoms with Crippen LogP contribution in [0.5, 0.6) is 0 Å². The van der Waals surface area contributed by atoms with Crippen LogP contribution in [0, 0.1) is 11.6 Å². The Hall–Kier alpha value is -3.02. The fourth-order valence-corrected chi connectivity index (χ4v) is 2.59. The highest BCUT2D eigenvalue weighted by molar-refractivity contribution is 5.78. The van der Waals surface area contributed by atoms with Gasteiger partial charge in [0.15, 0.2) is 11.6 Å². The Morgan fingerprint density at radius 1 is 1.15 bits per heavy atom. The molecule has 1 atom stereocenters. The zero-order valence-electron chi connectivity index (χ0n) is 14.4. The summed E-state index contributed by atoms with van der Waals surface area (Å²) in [5.74, 6) is -1.59. The first-order valence-corrected chi connectivity index (χ1v) is 8.16. The van der Waals surface area contributed by atoms with Crippen LogP contribution in [-0.4, -0.2) is 22.8 Å². The molecule has 134 valence electrons. The van der Waals surface area contributed by atoms with E-state index in [2.05, 4.69) is 4.98 Å². The summed E-state index contributed by atoms with van der Waals surface area (Å²) in [6.07, 6.45) is 1.51. The lowest BCUT2D eigenvalue weighted by molar-refractivity contribution is -0.131. The molecule has 0 aliphatic heterocycles. The van der Waals surface area contributed by atoms with Gasteiger partial charge in [-0.3, -0.25) is 4.79 Å². The highest BCUT2D eigenvalue weighted by atomic mass is 19.2. The van der Waals surface area contributed by atoms with Crippen molar-refractivity contribution >= 4 is 5.91 Å². The molecule has 0 N–H and O–H groups in total. The molecule has 4 nitrogen and oxygen atoms in total. The minimum atomic E-state index is -0.931. The molecule has 2 aromatic carbocycles. The first kappa shape index (κ1) is 17.8. The number of oxazole rings is 1. The van der Waals surface area contributed by atoms with Crippen LogP contribution in [0.4, 0.5) is 8.78 Å². The summed E-state index contributed by atoms with van der Waals surface area (Å²) >= 11 is 0. The molecule has 1 unspecified atom stereocenters. The largest absolute Gasteiger partial charge is 0.444 e. The van der Waals surface area contributed by atoms with Gasteiger partial charge in [-0.15, -0.1) is 0 Å². The van der Waals surface area contributed by atoms with Crippen molar-refractivity contribution in [3.8, 4) is 11.5 Å². The summed E-state index contributed by atoms with van der Waals surface area (Å²) in [4.78, 5) is 18.3. The molecule has 1 heterocycles. The summed E-state index contributed by atoms with van der Waals surface area (Å²) in [7, 11) is 1.62. The van der Waals surface area contributed by atoms with Crippen molar-refractivity contribution in [3.05, 3.63) is 77.7 Å². The van der Waals surface area contributed by atoms with Crippen LogP contribution in [0.3, 0.4) is 0 Å². The van der Waals surface area contributed by atoms with E-state index in [1.807, 2.05) is 30.3 Å². The van der Waals surface area contributed by atoms with Crippen LogP contribution in [0.2, 0.25) is 0 Å². The van der Waals surface area contributed by atoms with E-state index >= 15 is 0 Å². The van der Waals surface area contributed by atoms with Gasteiger partial charge in [-0.1, -0.05) is 24.3 Å². The Kier molecular flexibility index (Phi) is 5.11. The van der Waals surface area contributed by atoms with E-state index in [-0.39, 0.29) is 12.3 Å². The fraction of sp³-hybridized carbons (Fsp3) is 0.200. The molecule has 0 aliphatic carbocycles. The third kappa shape index (κ3) is 3.79. The van der Waals surface area contributed by atoms with E-state index in [1.165, 1.54) is 17.2 Å². The number of carbonyl (C=O) groups excluding carboxylic acids is 1. The molecule has 3 aromatic rings. The zero-order chi connectivity index (χ0) is 18.7. The number of carbonyl (C=O) groups is 1. The standard InChI is InChI=1S/C20H18F2N2O2/c1-13(15-8-9-17(21)18(22)10-15)24(2)19(25)11-16-12-26-20(23-16)14-6-4-3-5-7-14/h3-10,12-13H,11H2,1-2H3. The molecule has 0 bridgehead atoms. The lowest BCUT2D eigenvalue weighted by atomic mass is 10.1. The molecule has 6 heteroatoms. The lowest BCUT2D eigenvalue weighted by Gasteiger charge is -2.25. The Bertz CT molecular complexity index is 909. The Morgan fingerprint density at radius 3 is 2.58 bits per heavy atom. The molecule has 1 aromatic heterocycles. The summed E-state index contributed by atoms with van der Waals surface area (Å²) in [6.45, 7) is 1.75.